The van der Waals surface area contributed by atoms with Crippen molar-refractivity contribution in [3.8, 4) is 5.75 Å². The normalized spacial score (nSPS) is 23.7. The summed E-state index contributed by atoms with van der Waals surface area (Å²) in [5.41, 5.74) is 1.74. The summed E-state index contributed by atoms with van der Waals surface area (Å²) in [6.07, 6.45) is 5.02. The number of carbonyl (C=O) groups excluding carboxylic acids is 2. The molecule has 3 heterocycles. The Bertz CT molecular complexity index is 1090. The van der Waals surface area contributed by atoms with E-state index < -0.39 is 11.9 Å². The van der Waals surface area contributed by atoms with Gasteiger partial charge in [-0.3, -0.25) is 19.3 Å². The molecule has 9 heteroatoms. The monoisotopic (exact) mass is 570 g/mol. The Morgan fingerprint density at radius 1 is 1.15 bits per heavy atom. The highest BCUT2D eigenvalue weighted by Crippen LogP contribution is 2.41. The van der Waals surface area contributed by atoms with Gasteiger partial charge in [-0.05, 0) is 63.5 Å². The number of fused-ring (bicyclic) bond motifs is 1. The average molecular weight is 571 g/mol. The Kier molecular flexibility index (Phi) is 10.3. The zero-order valence-corrected chi connectivity index (χ0v) is 25.7. The van der Waals surface area contributed by atoms with E-state index in [9.17, 15) is 19.5 Å². The molecule has 0 radical (unpaired) electrons. The van der Waals surface area contributed by atoms with Crippen LogP contribution in [0.3, 0.4) is 0 Å². The van der Waals surface area contributed by atoms with E-state index in [1.165, 1.54) is 0 Å². The van der Waals surface area contributed by atoms with Crippen molar-refractivity contribution in [2.45, 2.75) is 71.3 Å². The minimum absolute atomic E-state index is 0.0627. The zero-order valence-electron chi connectivity index (χ0n) is 25.7. The van der Waals surface area contributed by atoms with Gasteiger partial charge in [0.2, 0.25) is 11.8 Å². The average Bonchev–Trinajstić information content (AvgIpc) is 3.60. The molecule has 2 fully saturated rings. The lowest BCUT2D eigenvalue weighted by molar-refractivity contribution is -0.144. The van der Waals surface area contributed by atoms with Crippen molar-refractivity contribution in [3.63, 3.8) is 0 Å². The SMILES string of the molecule is CCCCN(CCCN(C)C)C(=O)CN1C[C@H](c2ccc3c(c2)CCO3)[C@@H](C(=O)O)[C@@H]1CCN1CCC(C)(C)C1=O. The number of amides is 2. The van der Waals surface area contributed by atoms with Crippen LogP contribution < -0.4 is 4.74 Å². The van der Waals surface area contributed by atoms with Gasteiger partial charge in [0, 0.05) is 56.5 Å². The molecule has 2 amide bonds. The van der Waals surface area contributed by atoms with E-state index >= 15 is 0 Å². The van der Waals surface area contributed by atoms with Crippen molar-refractivity contribution >= 4 is 17.8 Å². The summed E-state index contributed by atoms with van der Waals surface area (Å²) in [7, 11) is 4.08. The fourth-order valence-electron chi connectivity index (χ4n) is 6.74. The number of likely N-dealkylation sites (tertiary alicyclic amines) is 2. The smallest absolute Gasteiger partial charge is 0.308 e. The third-order valence-corrected chi connectivity index (χ3v) is 9.25. The van der Waals surface area contributed by atoms with Gasteiger partial charge in [-0.25, -0.2) is 0 Å². The molecule has 9 nitrogen and oxygen atoms in total. The fourth-order valence-corrected chi connectivity index (χ4v) is 6.74. The predicted octanol–water partition coefficient (Wildman–Crippen LogP) is 3.32. The topological polar surface area (TPSA) is 93.6 Å². The molecule has 3 atom stereocenters. The number of hydrogen-bond acceptors (Lipinski definition) is 6. The number of unbranched alkanes of at least 4 members (excludes halogenated alkanes) is 1. The highest BCUT2D eigenvalue weighted by molar-refractivity contribution is 5.84. The van der Waals surface area contributed by atoms with Gasteiger partial charge in [0.25, 0.3) is 0 Å². The first-order chi connectivity index (χ1) is 19.5. The van der Waals surface area contributed by atoms with Crippen LogP contribution in [0.5, 0.6) is 5.75 Å². The first-order valence-electron chi connectivity index (χ1n) is 15.5. The van der Waals surface area contributed by atoms with Crippen molar-refractivity contribution in [2.75, 3.05) is 66.5 Å². The van der Waals surface area contributed by atoms with Crippen LogP contribution in [0, 0.1) is 11.3 Å². The molecule has 0 aromatic heterocycles. The third kappa shape index (κ3) is 7.41. The standard InChI is InChI=1S/C32H50N4O5/c1-6-7-15-34(16-8-14-33(4)5)28(37)22-36-21-25(23-9-10-27-24(20-23)12-19-41-27)29(30(38)39)26(36)11-17-35-18-13-32(2,3)31(35)40/h9-10,20,25-26,29H,6-8,11-19,21-22H2,1-5H3,(H,38,39)/t25-,26+,29-/m1/s1. The zero-order chi connectivity index (χ0) is 29.7. The number of hydrogen-bond donors (Lipinski definition) is 1. The van der Waals surface area contributed by atoms with Crippen molar-refractivity contribution in [1.29, 1.82) is 0 Å². The Morgan fingerprint density at radius 3 is 2.56 bits per heavy atom. The molecule has 4 rings (SSSR count). The third-order valence-electron chi connectivity index (χ3n) is 9.25. The van der Waals surface area contributed by atoms with Crippen molar-refractivity contribution in [1.82, 2.24) is 19.6 Å². The van der Waals surface area contributed by atoms with Gasteiger partial charge in [0.05, 0.1) is 19.1 Å². The lowest BCUT2D eigenvalue weighted by atomic mass is 9.83. The van der Waals surface area contributed by atoms with Gasteiger partial charge in [0.15, 0.2) is 0 Å². The lowest BCUT2D eigenvalue weighted by Gasteiger charge is -2.31. The van der Waals surface area contributed by atoms with E-state index in [4.69, 9.17) is 4.74 Å². The van der Waals surface area contributed by atoms with E-state index in [-0.39, 0.29) is 35.7 Å². The summed E-state index contributed by atoms with van der Waals surface area (Å²) in [6.45, 7) is 11.0. The van der Waals surface area contributed by atoms with Crippen LogP contribution in [0.25, 0.3) is 0 Å². The molecule has 3 aliphatic rings. The maximum atomic E-state index is 13.7. The summed E-state index contributed by atoms with van der Waals surface area (Å²) >= 11 is 0. The van der Waals surface area contributed by atoms with Crippen molar-refractivity contribution < 1.29 is 24.2 Å². The number of nitrogens with zero attached hydrogens (tertiary/aromatic N) is 4. The molecule has 0 spiro atoms. The molecular weight excluding hydrogens is 520 g/mol. The predicted molar refractivity (Wildman–Crippen MR) is 159 cm³/mol. The molecule has 1 N–H and O–H groups in total. The van der Waals surface area contributed by atoms with E-state index in [1.807, 2.05) is 49.9 Å². The summed E-state index contributed by atoms with van der Waals surface area (Å²) in [5, 5.41) is 10.5. The van der Waals surface area contributed by atoms with Gasteiger partial charge in [-0.2, -0.15) is 0 Å². The van der Waals surface area contributed by atoms with Crippen LogP contribution in [0.1, 0.15) is 69.9 Å². The Hall–Kier alpha value is -2.65. The molecule has 41 heavy (non-hydrogen) atoms. The van der Waals surface area contributed by atoms with Crippen LogP contribution in [-0.4, -0.2) is 115 Å². The Balaban J connectivity index is 1.56. The van der Waals surface area contributed by atoms with Crippen molar-refractivity contribution in [3.05, 3.63) is 29.3 Å². The Labute approximate surface area is 245 Å². The van der Waals surface area contributed by atoms with E-state index in [1.54, 1.807) is 0 Å². The highest BCUT2D eigenvalue weighted by atomic mass is 16.5. The van der Waals surface area contributed by atoms with Gasteiger partial charge < -0.3 is 24.5 Å². The van der Waals surface area contributed by atoms with Crippen LogP contribution in [0.2, 0.25) is 0 Å². The molecule has 2 saturated heterocycles. The van der Waals surface area contributed by atoms with Crippen LogP contribution in [0.4, 0.5) is 0 Å². The molecule has 228 valence electrons. The van der Waals surface area contributed by atoms with Crippen molar-refractivity contribution in [2.24, 2.45) is 11.3 Å². The molecule has 1 aromatic carbocycles. The fraction of sp³-hybridized carbons (Fsp3) is 0.719. The summed E-state index contributed by atoms with van der Waals surface area (Å²) in [4.78, 5) is 47.6. The summed E-state index contributed by atoms with van der Waals surface area (Å²) < 4.78 is 5.70. The minimum Gasteiger partial charge on any atom is -0.493 e. The molecule has 0 unspecified atom stereocenters. The highest BCUT2D eigenvalue weighted by Gasteiger charge is 2.48. The van der Waals surface area contributed by atoms with Gasteiger partial charge in [-0.15, -0.1) is 0 Å². The lowest BCUT2D eigenvalue weighted by Crippen LogP contribution is -2.46. The minimum atomic E-state index is -0.839. The number of carboxylic acid groups (broad SMARTS) is 1. The van der Waals surface area contributed by atoms with Gasteiger partial charge in [0.1, 0.15) is 5.75 Å². The quantitative estimate of drug-likeness (QED) is 0.367. The molecular formula is C32H50N4O5. The second-order valence-electron chi connectivity index (χ2n) is 13.0. The van der Waals surface area contributed by atoms with Crippen LogP contribution >= 0.6 is 0 Å². The van der Waals surface area contributed by atoms with E-state index in [0.29, 0.717) is 39.2 Å². The van der Waals surface area contributed by atoms with E-state index in [2.05, 4.69) is 22.8 Å². The summed E-state index contributed by atoms with van der Waals surface area (Å²) in [6, 6.07) is 5.72. The van der Waals surface area contributed by atoms with E-state index in [0.717, 1.165) is 62.1 Å². The first-order valence-corrected chi connectivity index (χ1v) is 15.5. The number of rotatable bonds is 14. The maximum absolute atomic E-state index is 13.7. The second kappa shape index (κ2) is 13.6. The Morgan fingerprint density at radius 2 is 1.90 bits per heavy atom. The first kappa shape index (κ1) is 31.3. The van der Waals surface area contributed by atoms with Crippen LogP contribution in [-0.2, 0) is 20.8 Å². The van der Waals surface area contributed by atoms with Gasteiger partial charge in [-0.1, -0.05) is 39.3 Å². The number of carboxylic acids is 1. The molecule has 0 aliphatic carbocycles. The van der Waals surface area contributed by atoms with Crippen LogP contribution in [0.15, 0.2) is 18.2 Å². The number of ether oxygens (including phenoxy) is 1. The molecule has 0 bridgehead atoms. The second-order valence-corrected chi connectivity index (χ2v) is 13.0. The number of carbonyl (C=O) groups is 3. The molecule has 0 saturated carbocycles. The maximum Gasteiger partial charge on any atom is 0.308 e. The number of benzene rings is 1. The van der Waals surface area contributed by atoms with Gasteiger partial charge >= 0.3 is 5.97 Å². The number of aliphatic carboxylic acids is 1. The molecule has 3 aliphatic heterocycles. The largest absolute Gasteiger partial charge is 0.493 e. The summed E-state index contributed by atoms with van der Waals surface area (Å²) in [5.74, 6) is -0.665. The molecule has 1 aromatic rings.